The van der Waals surface area contributed by atoms with Crippen LogP contribution in [0.5, 0.6) is 0 Å². The predicted octanol–water partition coefficient (Wildman–Crippen LogP) is 7.00. The van der Waals surface area contributed by atoms with Gasteiger partial charge in [0, 0.05) is 36.6 Å². The van der Waals surface area contributed by atoms with E-state index in [4.69, 9.17) is 4.18 Å². The number of fused-ring (bicyclic) bond motifs is 2. The summed E-state index contributed by atoms with van der Waals surface area (Å²) in [6, 6.07) is 28.0. The number of hydrogen-bond donors (Lipinski definition) is 5. The van der Waals surface area contributed by atoms with Crippen molar-refractivity contribution in [2.45, 2.75) is 51.7 Å². The van der Waals surface area contributed by atoms with Crippen molar-refractivity contribution in [3.05, 3.63) is 143 Å². The van der Waals surface area contributed by atoms with Crippen molar-refractivity contribution in [2.24, 2.45) is 11.8 Å². The highest BCUT2D eigenvalue weighted by Gasteiger charge is 2.23. The maximum atomic E-state index is 13.2. The molecular formula is C47H48N6O8S. The number of aliphatic hydroxyl groups is 1. The van der Waals surface area contributed by atoms with E-state index in [0.29, 0.717) is 63.8 Å². The van der Waals surface area contributed by atoms with Crippen molar-refractivity contribution in [1.29, 1.82) is 0 Å². The molecule has 0 atom stereocenters. The number of aromatic nitrogens is 2. The van der Waals surface area contributed by atoms with Crippen LogP contribution in [0.2, 0.25) is 0 Å². The molecule has 0 saturated heterocycles. The predicted molar refractivity (Wildman–Crippen MR) is 237 cm³/mol. The summed E-state index contributed by atoms with van der Waals surface area (Å²) in [6.07, 6.45) is 11.0. The second-order valence-corrected chi connectivity index (χ2v) is 17.1. The number of hydrogen-bond acceptors (Lipinski definition) is 10. The SMILES string of the molecule is CS(=O)(=O)OCc1ccc(C(=O)Nc2cccnc2C(=O)NCC2CCC2)c2ccccc12.O=C(NCC1CCC1)c1ncccc1NC(=O)c1ccc(CO)c2ccccc12. The van der Waals surface area contributed by atoms with E-state index in [9.17, 15) is 32.7 Å². The van der Waals surface area contributed by atoms with Crippen LogP contribution in [0, 0.1) is 11.8 Å². The zero-order valence-corrected chi connectivity index (χ0v) is 35.0. The molecule has 0 spiro atoms. The lowest BCUT2D eigenvalue weighted by Gasteiger charge is -2.25. The molecular weight excluding hydrogens is 809 g/mol. The fraction of sp³-hybridized carbons (Fsp3) is 0.277. The van der Waals surface area contributed by atoms with Gasteiger partial charge < -0.3 is 26.4 Å². The zero-order chi connectivity index (χ0) is 43.6. The van der Waals surface area contributed by atoms with Crippen molar-refractivity contribution < 1.29 is 36.9 Å². The minimum Gasteiger partial charge on any atom is -0.392 e. The van der Waals surface area contributed by atoms with Crippen LogP contribution in [0.1, 0.15) is 91.3 Å². The summed E-state index contributed by atoms with van der Waals surface area (Å²) >= 11 is 0. The van der Waals surface area contributed by atoms with Gasteiger partial charge in [-0.25, -0.2) is 9.97 Å². The molecule has 6 aromatic rings. The van der Waals surface area contributed by atoms with Crippen LogP contribution in [-0.4, -0.2) is 66.5 Å². The van der Waals surface area contributed by atoms with E-state index >= 15 is 0 Å². The standard InChI is InChI=1S/C24H25N3O5S.C23H23N3O3/c1-33(30,31)32-15-17-11-12-20(19-9-3-2-8-18(17)19)23(28)27-21-10-5-13-25-22(21)24(29)26-14-16-6-4-7-16;27-14-16-10-11-19(18-8-2-1-7-17(16)18)22(28)26-20-9-4-12-24-21(20)23(29)25-13-15-5-3-6-15/h2-3,5,8-13,16H,4,6-7,14-15H2,1H3,(H,26,29)(H,27,28);1-2,4,7-12,15,27H,3,5-6,13-14H2,(H,25,29)(H,26,28). The number of carbonyl (C=O) groups is 4. The van der Waals surface area contributed by atoms with E-state index in [1.165, 1.54) is 19.0 Å². The lowest BCUT2D eigenvalue weighted by Crippen LogP contribution is -2.33. The molecule has 15 heteroatoms. The Balaban J connectivity index is 0.000000188. The maximum Gasteiger partial charge on any atom is 0.272 e. The summed E-state index contributed by atoms with van der Waals surface area (Å²) in [5.41, 5.74) is 3.32. The van der Waals surface area contributed by atoms with Crippen LogP contribution in [-0.2, 0) is 27.5 Å². The summed E-state index contributed by atoms with van der Waals surface area (Å²) in [5.74, 6) is -0.289. The highest BCUT2D eigenvalue weighted by molar-refractivity contribution is 7.85. The molecule has 320 valence electrons. The minimum absolute atomic E-state index is 0.101. The third-order valence-electron chi connectivity index (χ3n) is 11.2. The number of aliphatic hydroxyl groups excluding tert-OH is 1. The first-order valence-corrected chi connectivity index (χ1v) is 22.4. The summed E-state index contributed by atoms with van der Waals surface area (Å²) in [6.45, 7) is 1.01. The van der Waals surface area contributed by atoms with Gasteiger partial charge in [0.2, 0.25) is 0 Å². The molecule has 0 radical (unpaired) electrons. The van der Waals surface area contributed by atoms with Gasteiger partial charge in [-0.2, -0.15) is 8.42 Å². The largest absolute Gasteiger partial charge is 0.392 e. The number of rotatable bonds is 14. The molecule has 2 heterocycles. The molecule has 5 N–H and O–H groups in total. The van der Waals surface area contributed by atoms with Crippen LogP contribution in [0.3, 0.4) is 0 Å². The summed E-state index contributed by atoms with van der Waals surface area (Å²) in [4.78, 5) is 59.7. The molecule has 2 fully saturated rings. The van der Waals surface area contributed by atoms with Gasteiger partial charge in [0.25, 0.3) is 33.7 Å². The van der Waals surface area contributed by atoms with Crippen LogP contribution in [0.15, 0.2) is 109 Å². The van der Waals surface area contributed by atoms with Crippen LogP contribution >= 0.6 is 0 Å². The van der Waals surface area contributed by atoms with Crippen molar-refractivity contribution >= 4 is 66.7 Å². The molecule has 62 heavy (non-hydrogen) atoms. The van der Waals surface area contributed by atoms with Gasteiger partial charge in [0.05, 0.1) is 30.8 Å². The quantitative estimate of drug-likeness (QED) is 0.0709. The Bertz CT molecular complexity index is 2740. The molecule has 4 aromatic carbocycles. The zero-order valence-electron chi connectivity index (χ0n) is 34.2. The number of benzene rings is 4. The first-order chi connectivity index (χ1) is 30.0. The molecule has 8 rings (SSSR count). The first kappa shape index (κ1) is 43.5. The van der Waals surface area contributed by atoms with Crippen molar-refractivity contribution in [1.82, 2.24) is 20.6 Å². The van der Waals surface area contributed by atoms with E-state index < -0.39 is 16.0 Å². The monoisotopic (exact) mass is 856 g/mol. The van der Waals surface area contributed by atoms with E-state index in [1.807, 2.05) is 24.3 Å². The smallest absolute Gasteiger partial charge is 0.272 e. The Morgan fingerprint density at radius 1 is 0.597 bits per heavy atom. The fourth-order valence-corrected chi connectivity index (χ4v) is 7.68. The second kappa shape index (κ2) is 19.9. The third kappa shape index (κ3) is 10.7. The van der Waals surface area contributed by atoms with Crippen molar-refractivity contribution in [2.75, 3.05) is 30.0 Å². The number of carbonyl (C=O) groups excluding carboxylic acids is 4. The Labute approximate surface area is 359 Å². The van der Waals surface area contributed by atoms with Crippen LogP contribution < -0.4 is 21.3 Å². The van der Waals surface area contributed by atoms with Gasteiger partial charge >= 0.3 is 0 Å². The minimum atomic E-state index is -3.60. The average Bonchev–Trinajstić information content (AvgIpc) is 3.24. The lowest BCUT2D eigenvalue weighted by atomic mass is 9.85. The summed E-state index contributed by atoms with van der Waals surface area (Å²) in [5, 5.41) is 23.9. The average molecular weight is 857 g/mol. The lowest BCUT2D eigenvalue weighted by molar-refractivity contribution is 0.0926. The first-order valence-electron chi connectivity index (χ1n) is 20.5. The van der Waals surface area contributed by atoms with Crippen LogP contribution in [0.4, 0.5) is 11.4 Å². The van der Waals surface area contributed by atoms with Crippen molar-refractivity contribution in [3.63, 3.8) is 0 Å². The third-order valence-corrected chi connectivity index (χ3v) is 11.8. The molecule has 2 aromatic heterocycles. The molecule has 14 nitrogen and oxygen atoms in total. The number of amides is 4. The second-order valence-electron chi connectivity index (χ2n) is 15.5. The molecule has 0 bridgehead atoms. The van der Waals surface area contributed by atoms with Crippen molar-refractivity contribution in [3.8, 4) is 0 Å². The van der Waals surface area contributed by atoms with E-state index in [2.05, 4.69) is 31.2 Å². The Morgan fingerprint density at radius 2 is 1.03 bits per heavy atom. The normalized spacial score (nSPS) is 13.8. The molecule has 4 amide bonds. The Kier molecular flexibility index (Phi) is 14.0. The number of nitrogens with one attached hydrogen (secondary N) is 4. The maximum absolute atomic E-state index is 13.2. The number of anilines is 2. The van der Waals surface area contributed by atoms with Gasteiger partial charge in [-0.05, 0) is 107 Å². The molecule has 2 aliphatic rings. The molecule has 0 unspecified atom stereocenters. The van der Waals surface area contributed by atoms with Gasteiger partial charge in [-0.15, -0.1) is 0 Å². The van der Waals surface area contributed by atoms with Gasteiger partial charge in [-0.3, -0.25) is 23.4 Å². The Hall–Kier alpha value is -6.55. The highest BCUT2D eigenvalue weighted by atomic mass is 32.2. The van der Waals surface area contributed by atoms with E-state index in [0.717, 1.165) is 48.3 Å². The molecule has 0 aliphatic heterocycles. The van der Waals surface area contributed by atoms with Gasteiger partial charge in [-0.1, -0.05) is 73.5 Å². The molecule has 2 saturated carbocycles. The summed E-state index contributed by atoms with van der Waals surface area (Å²) in [7, 11) is -3.60. The fourth-order valence-electron chi connectivity index (χ4n) is 7.34. The van der Waals surface area contributed by atoms with E-state index in [-0.39, 0.29) is 42.3 Å². The number of pyridine rings is 2. The summed E-state index contributed by atoms with van der Waals surface area (Å²) < 4.78 is 27.7. The molecule has 2 aliphatic carbocycles. The van der Waals surface area contributed by atoms with Gasteiger partial charge in [0.15, 0.2) is 11.4 Å². The van der Waals surface area contributed by atoms with Crippen LogP contribution in [0.25, 0.3) is 21.5 Å². The Morgan fingerprint density at radius 3 is 1.45 bits per heavy atom. The highest BCUT2D eigenvalue weighted by Crippen LogP contribution is 2.29. The van der Waals surface area contributed by atoms with E-state index in [1.54, 1.807) is 79.0 Å². The van der Waals surface area contributed by atoms with Gasteiger partial charge in [0.1, 0.15) is 0 Å². The topological polar surface area (TPSA) is 206 Å². The number of nitrogens with zero attached hydrogens (tertiary/aromatic N) is 2.